The van der Waals surface area contributed by atoms with Crippen LogP contribution in [0.15, 0.2) is 23.2 Å². The molecule has 4 heteroatoms. The van der Waals surface area contributed by atoms with E-state index in [1.807, 2.05) is 0 Å². The first-order chi connectivity index (χ1) is 8.33. The van der Waals surface area contributed by atoms with Gasteiger partial charge in [-0.2, -0.15) is 4.99 Å². The fourth-order valence-corrected chi connectivity index (χ4v) is 2.07. The Morgan fingerprint density at radius 2 is 2.06 bits per heavy atom. The predicted molar refractivity (Wildman–Crippen MR) is 63.7 cm³/mol. The number of methoxy groups -OCH3 is 1. The number of hydrogen-bond acceptors (Lipinski definition) is 4. The highest BCUT2D eigenvalue weighted by Crippen LogP contribution is 2.34. The monoisotopic (exact) mass is 233 g/mol. The molecule has 90 valence electrons. The number of isocyanates is 1. The van der Waals surface area contributed by atoms with Crippen molar-refractivity contribution in [2.45, 2.75) is 31.8 Å². The molecule has 0 atom stereocenters. The van der Waals surface area contributed by atoms with Gasteiger partial charge in [-0.3, -0.25) is 0 Å². The highest BCUT2D eigenvalue weighted by atomic mass is 16.5. The van der Waals surface area contributed by atoms with Crippen LogP contribution in [-0.2, 0) is 4.79 Å². The molecule has 0 saturated heterocycles. The second-order valence-corrected chi connectivity index (χ2v) is 4.06. The normalized spacial score (nSPS) is 15.4. The van der Waals surface area contributed by atoms with Crippen molar-refractivity contribution in [2.75, 3.05) is 7.11 Å². The maximum Gasteiger partial charge on any atom is 0.240 e. The second kappa shape index (κ2) is 5.51. The van der Waals surface area contributed by atoms with Gasteiger partial charge in [0, 0.05) is 6.07 Å². The van der Waals surface area contributed by atoms with Gasteiger partial charge in [-0.1, -0.05) is 0 Å². The lowest BCUT2D eigenvalue weighted by Crippen LogP contribution is -2.11. The van der Waals surface area contributed by atoms with E-state index in [2.05, 4.69) is 4.99 Å². The molecule has 17 heavy (non-hydrogen) atoms. The maximum atomic E-state index is 10.2. The Hall–Kier alpha value is -1.80. The molecule has 1 aliphatic rings. The molecule has 4 nitrogen and oxygen atoms in total. The van der Waals surface area contributed by atoms with Crippen molar-refractivity contribution in [3.63, 3.8) is 0 Å². The van der Waals surface area contributed by atoms with Gasteiger partial charge < -0.3 is 9.47 Å². The number of nitrogens with zero attached hydrogens (tertiary/aromatic N) is 1. The van der Waals surface area contributed by atoms with Crippen LogP contribution in [0.5, 0.6) is 11.5 Å². The summed E-state index contributed by atoms with van der Waals surface area (Å²) in [6.45, 7) is 0. The largest absolute Gasteiger partial charge is 0.493 e. The van der Waals surface area contributed by atoms with Gasteiger partial charge in [0.2, 0.25) is 6.08 Å². The molecule has 1 aromatic rings. The highest BCUT2D eigenvalue weighted by molar-refractivity contribution is 5.56. The molecule has 0 unspecified atom stereocenters. The summed E-state index contributed by atoms with van der Waals surface area (Å²) in [5.41, 5.74) is 0.536. The second-order valence-electron chi connectivity index (χ2n) is 4.06. The molecule has 2 rings (SSSR count). The maximum absolute atomic E-state index is 10.2. The van der Waals surface area contributed by atoms with Crippen LogP contribution in [-0.4, -0.2) is 19.3 Å². The van der Waals surface area contributed by atoms with Crippen molar-refractivity contribution in [1.82, 2.24) is 0 Å². The Labute approximate surface area is 100 Å². The van der Waals surface area contributed by atoms with E-state index >= 15 is 0 Å². The Morgan fingerprint density at radius 1 is 1.29 bits per heavy atom. The van der Waals surface area contributed by atoms with E-state index in [9.17, 15) is 4.79 Å². The van der Waals surface area contributed by atoms with Crippen molar-refractivity contribution in [3.05, 3.63) is 18.2 Å². The smallest absolute Gasteiger partial charge is 0.240 e. The molecule has 1 fully saturated rings. The first-order valence-corrected chi connectivity index (χ1v) is 5.76. The van der Waals surface area contributed by atoms with Crippen molar-refractivity contribution in [3.8, 4) is 11.5 Å². The van der Waals surface area contributed by atoms with Crippen LogP contribution in [0.25, 0.3) is 0 Å². The van der Waals surface area contributed by atoms with E-state index in [4.69, 9.17) is 9.47 Å². The van der Waals surface area contributed by atoms with E-state index in [1.165, 1.54) is 18.9 Å². The molecule has 0 bridgehead atoms. The Balaban J connectivity index is 2.21. The lowest BCUT2D eigenvalue weighted by Gasteiger charge is -2.15. The zero-order valence-corrected chi connectivity index (χ0v) is 9.81. The number of benzene rings is 1. The van der Waals surface area contributed by atoms with Gasteiger partial charge in [-0.15, -0.1) is 0 Å². The highest BCUT2D eigenvalue weighted by Gasteiger charge is 2.18. The van der Waals surface area contributed by atoms with Gasteiger partial charge in [-0.25, -0.2) is 4.79 Å². The lowest BCUT2D eigenvalue weighted by molar-refractivity contribution is 0.201. The van der Waals surface area contributed by atoms with Crippen LogP contribution < -0.4 is 9.47 Å². The van der Waals surface area contributed by atoms with Gasteiger partial charge in [0.1, 0.15) is 0 Å². The van der Waals surface area contributed by atoms with E-state index in [-0.39, 0.29) is 6.10 Å². The molecule has 0 N–H and O–H groups in total. The average molecular weight is 233 g/mol. The summed E-state index contributed by atoms with van der Waals surface area (Å²) < 4.78 is 11.1. The number of carbonyl (C=O) groups excluding carboxylic acids is 1. The third-order valence-corrected chi connectivity index (χ3v) is 2.92. The summed E-state index contributed by atoms with van der Waals surface area (Å²) in [5, 5.41) is 0. The third-order valence-electron chi connectivity index (χ3n) is 2.92. The summed E-state index contributed by atoms with van der Waals surface area (Å²) >= 11 is 0. The number of aliphatic imine (C=N–C) groups is 1. The number of hydrogen-bond donors (Lipinski definition) is 0. The minimum atomic E-state index is 0.249. The zero-order valence-electron chi connectivity index (χ0n) is 9.81. The molecule has 0 amide bonds. The van der Waals surface area contributed by atoms with Crippen LogP contribution in [0.4, 0.5) is 5.69 Å². The van der Waals surface area contributed by atoms with Gasteiger partial charge in [0.05, 0.1) is 18.9 Å². The van der Waals surface area contributed by atoms with E-state index in [0.29, 0.717) is 17.2 Å². The summed E-state index contributed by atoms with van der Waals surface area (Å²) in [4.78, 5) is 13.8. The van der Waals surface area contributed by atoms with Crippen molar-refractivity contribution < 1.29 is 14.3 Å². The molecular weight excluding hydrogens is 218 g/mol. The van der Waals surface area contributed by atoms with Crippen molar-refractivity contribution >= 4 is 11.8 Å². The third kappa shape index (κ3) is 2.86. The summed E-state index contributed by atoms with van der Waals surface area (Å²) in [6.07, 6.45) is 6.33. The minimum absolute atomic E-state index is 0.249. The first-order valence-electron chi connectivity index (χ1n) is 5.76. The predicted octanol–water partition coefficient (Wildman–Crippen LogP) is 2.98. The van der Waals surface area contributed by atoms with E-state index in [1.54, 1.807) is 25.3 Å². The molecule has 0 heterocycles. The van der Waals surface area contributed by atoms with Gasteiger partial charge in [0.15, 0.2) is 11.5 Å². The number of ether oxygens (including phenoxy) is 2. The topological polar surface area (TPSA) is 47.9 Å². The molecular formula is C13H15NO3. The van der Waals surface area contributed by atoms with Gasteiger partial charge in [0.25, 0.3) is 0 Å². The van der Waals surface area contributed by atoms with Crippen LogP contribution in [0.2, 0.25) is 0 Å². The standard InChI is InChI=1S/C13H15NO3/c1-16-12-7-6-10(14-9-15)8-13(12)17-11-4-2-3-5-11/h6-8,11H,2-5H2,1H3. The summed E-state index contributed by atoms with van der Waals surface area (Å²) in [6, 6.07) is 5.16. The SMILES string of the molecule is COc1ccc(N=C=O)cc1OC1CCCC1. The van der Waals surface area contributed by atoms with Crippen molar-refractivity contribution in [1.29, 1.82) is 0 Å². The van der Waals surface area contributed by atoms with E-state index in [0.717, 1.165) is 12.8 Å². The van der Waals surface area contributed by atoms with Crippen molar-refractivity contribution in [2.24, 2.45) is 4.99 Å². The summed E-state index contributed by atoms with van der Waals surface area (Å²) in [5.74, 6) is 1.32. The lowest BCUT2D eigenvalue weighted by atomic mass is 10.2. The van der Waals surface area contributed by atoms with Crippen LogP contribution in [0.1, 0.15) is 25.7 Å². The van der Waals surface area contributed by atoms with Gasteiger partial charge >= 0.3 is 0 Å². The fourth-order valence-electron chi connectivity index (χ4n) is 2.07. The molecule has 1 aromatic carbocycles. The molecule has 0 aromatic heterocycles. The minimum Gasteiger partial charge on any atom is -0.493 e. The number of rotatable bonds is 4. The van der Waals surface area contributed by atoms with Crippen LogP contribution >= 0.6 is 0 Å². The van der Waals surface area contributed by atoms with Gasteiger partial charge in [-0.05, 0) is 37.8 Å². The van der Waals surface area contributed by atoms with E-state index < -0.39 is 0 Å². The van der Waals surface area contributed by atoms with Crippen LogP contribution in [0, 0.1) is 0 Å². The fraction of sp³-hybridized carbons (Fsp3) is 0.462. The Bertz CT molecular complexity index is 432. The molecule has 1 aliphatic carbocycles. The first kappa shape index (κ1) is 11.7. The molecule has 0 spiro atoms. The zero-order chi connectivity index (χ0) is 12.1. The van der Waals surface area contributed by atoms with Crippen LogP contribution in [0.3, 0.4) is 0 Å². The molecule has 0 aliphatic heterocycles. The quantitative estimate of drug-likeness (QED) is 0.593. The summed E-state index contributed by atoms with van der Waals surface area (Å²) in [7, 11) is 1.60. The Morgan fingerprint density at radius 3 is 2.71 bits per heavy atom. The average Bonchev–Trinajstić information content (AvgIpc) is 2.83. The molecule has 1 saturated carbocycles. The Kier molecular flexibility index (Phi) is 3.78. The molecule has 0 radical (unpaired) electrons.